The average Bonchev–Trinajstić information content (AvgIpc) is 2.60. The zero-order valence-electron chi connectivity index (χ0n) is 10.6. The number of aliphatic imine (C=N–C) groups is 1. The van der Waals surface area contributed by atoms with E-state index in [1.54, 1.807) is 24.3 Å². The molecule has 0 saturated carbocycles. The van der Waals surface area contributed by atoms with Crippen molar-refractivity contribution >= 4 is 27.3 Å². The first-order valence-electron chi connectivity index (χ1n) is 5.66. The molecule has 4 N–H and O–H groups in total. The van der Waals surface area contributed by atoms with E-state index < -0.39 is 26.4 Å². The number of sulfone groups is 1. The third-order valence-corrected chi connectivity index (χ3v) is 5.50. The second-order valence-electron chi connectivity index (χ2n) is 4.65. The van der Waals surface area contributed by atoms with Crippen molar-refractivity contribution in [3.63, 3.8) is 0 Å². The second kappa shape index (κ2) is 4.06. The highest BCUT2D eigenvalue weighted by Crippen LogP contribution is 2.47. The van der Waals surface area contributed by atoms with Crippen LogP contribution < -0.4 is 11.5 Å². The normalized spacial score (nSPS) is 23.6. The summed E-state index contributed by atoms with van der Waals surface area (Å²) in [6.07, 6.45) is 1.04. The van der Waals surface area contributed by atoms with Gasteiger partial charge in [0.2, 0.25) is 5.91 Å². The highest BCUT2D eigenvalue weighted by molar-refractivity contribution is 7.92. The molecule has 1 aliphatic heterocycles. The molecule has 1 aromatic rings. The minimum atomic E-state index is -3.73. The number of amides is 1. The Morgan fingerprint density at radius 1 is 1.37 bits per heavy atom. The Morgan fingerprint density at radius 2 is 1.95 bits per heavy atom. The lowest BCUT2D eigenvalue weighted by molar-refractivity contribution is -0.121. The SMILES string of the molecule is CC(C(N)=O)C1(S(C)(=O)=O)C(N)=Nc2ccccc21. The molecular weight excluding hydrogens is 266 g/mol. The Balaban J connectivity index is 2.86. The van der Waals surface area contributed by atoms with Crippen LogP contribution in [0.3, 0.4) is 0 Å². The molecule has 0 aromatic heterocycles. The number of nitrogens with zero attached hydrogens (tertiary/aromatic N) is 1. The van der Waals surface area contributed by atoms with Crippen molar-refractivity contribution in [3.05, 3.63) is 29.8 Å². The zero-order chi connectivity index (χ0) is 14.4. The van der Waals surface area contributed by atoms with Crippen LogP contribution in [0.5, 0.6) is 0 Å². The molecule has 2 unspecified atom stereocenters. The molecule has 7 heteroatoms. The van der Waals surface area contributed by atoms with Crippen molar-refractivity contribution in [1.29, 1.82) is 0 Å². The van der Waals surface area contributed by atoms with Crippen LogP contribution in [0.15, 0.2) is 29.3 Å². The number of amidine groups is 1. The highest BCUT2D eigenvalue weighted by atomic mass is 32.2. The van der Waals surface area contributed by atoms with Gasteiger partial charge in [-0.3, -0.25) is 4.79 Å². The first-order valence-corrected chi connectivity index (χ1v) is 7.55. The average molecular weight is 281 g/mol. The van der Waals surface area contributed by atoms with Crippen LogP contribution in [0.1, 0.15) is 12.5 Å². The minimum Gasteiger partial charge on any atom is -0.386 e. The molecule has 0 spiro atoms. The van der Waals surface area contributed by atoms with Crippen molar-refractivity contribution in [3.8, 4) is 0 Å². The third-order valence-electron chi connectivity index (χ3n) is 3.55. The molecule has 0 radical (unpaired) electrons. The predicted octanol–water partition coefficient (Wildman–Crippen LogP) is 0.0502. The number of fused-ring (bicyclic) bond motifs is 1. The maximum absolute atomic E-state index is 12.3. The molecular formula is C12H15N3O3S. The second-order valence-corrected chi connectivity index (χ2v) is 6.83. The number of primary amides is 1. The van der Waals surface area contributed by atoms with Gasteiger partial charge in [-0.05, 0) is 6.07 Å². The summed E-state index contributed by atoms with van der Waals surface area (Å²) < 4.78 is 22.9. The fraction of sp³-hybridized carbons (Fsp3) is 0.333. The van der Waals surface area contributed by atoms with Crippen LogP contribution in [0, 0.1) is 5.92 Å². The van der Waals surface area contributed by atoms with E-state index in [1.807, 2.05) is 0 Å². The maximum atomic E-state index is 12.3. The van der Waals surface area contributed by atoms with Crippen molar-refractivity contribution in [2.24, 2.45) is 22.4 Å². The Bertz CT molecular complexity index is 681. The molecule has 1 amide bonds. The molecule has 2 rings (SSSR count). The van der Waals surface area contributed by atoms with Crippen molar-refractivity contribution in [2.45, 2.75) is 11.7 Å². The summed E-state index contributed by atoms with van der Waals surface area (Å²) in [5.41, 5.74) is 12.0. The number of hydrogen-bond acceptors (Lipinski definition) is 5. The van der Waals surface area contributed by atoms with Crippen LogP contribution in [-0.4, -0.2) is 26.4 Å². The number of benzene rings is 1. The Hall–Kier alpha value is -1.89. The van der Waals surface area contributed by atoms with Crippen LogP contribution >= 0.6 is 0 Å². The number of para-hydroxylation sites is 1. The van der Waals surface area contributed by atoms with Gasteiger partial charge < -0.3 is 11.5 Å². The summed E-state index contributed by atoms with van der Waals surface area (Å²) >= 11 is 0. The summed E-state index contributed by atoms with van der Waals surface area (Å²) in [4.78, 5) is 15.6. The van der Waals surface area contributed by atoms with Gasteiger partial charge in [0.25, 0.3) is 0 Å². The van der Waals surface area contributed by atoms with Crippen molar-refractivity contribution in [1.82, 2.24) is 0 Å². The third kappa shape index (κ3) is 1.65. The molecule has 1 aromatic carbocycles. The number of nitrogens with two attached hydrogens (primary N) is 2. The number of rotatable bonds is 3. The van der Waals surface area contributed by atoms with E-state index in [4.69, 9.17) is 11.5 Å². The van der Waals surface area contributed by atoms with Crippen molar-refractivity contribution < 1.29 is 13.2 Å². The number of carbonyl (C=O) groups excluding carboxylic acids is 1. The molecule has 0 fully saturated rings. The van der Waals surface area contributed by atoms with Gasteiger partial charge in [-0.1, -0.05) is 25.1 Å². The van der Waals surface area contributed by atoms with Gasteiger partial charge in [0.05, 0.1) is 11.6 Å². The van der Waals surface area contributed by atoms with Crippen LogP contribution in [-0.2, 0) is 19.4 Å². The van der Waals surface area contributed by atoms with Crippen LogP contribution in [0.4, 0.5) is 5.69 Å². The van der Waals surface area contributed by atoms with Gasteiger partial charge in [0, 0.05) is 11.8 Å². The quantitative estimate of drug-likeness (QED) is 0.814. The van der Waals surface area contributed by atoms with E-state index in [1.165, 1.54) is 6.92 Å². The Labute approximate surface area is 111 Å². The van der Waals surface area contributed by atoms with Gasteiger partial charge in [0.1, 0.15) is 5.84 Å². The summed E-state index contributed by atoms with van der Waals surface area (Å²) in [7, 11) is -3.73. The van der Waals surface area contributed by atoms with E-state index in [2.05, 4.69) is 4.99 Å². The van der Waals surface area contributed by atoms with Crippen LogP contribution in [0.2, 0.25) is 0 Å². The molecule has 19 heavy (non-hydrogen) atoms. The molecule has 102 valence electrons. The van der Waals surface area contributed by atoms with Gasteiger partial charge in [-0.2, -0.15) is 0 Å². The lowest BCUT2D eigenvalue weighted by atomic mass is 9.85. The largest absolute Gasteiger partial charge is 0.386 e. The fourth-order valence-electron chi connectivity index (χ4n) is 2.60. The van der Waals surface area contributed by atoms with E-state index >= 15 is 0 Å². The van der Waals surface area contributed by atoms with Gasteiger partial charge in [-0.25, -0.2) is 13.4 Å². The molecule has 0 bridgehead atoms. The molecule has 0 aliphatic carbocycles. The lowest BCUT2D eigenvalue weighted by Crippen LogP contribution is -2.53. The van der Waals surface area contributed by atoms with E-state index in [-0.39, 0.29) is 5.84 Å². The van der Waals surface area contributed by atoms with Crippen molar-refractivity contribution in [2.75, 3.05) is 6.26 Å². The molecule has 1 heterocycles. The molecule has 0 saturated heterocycles. The maximum Gasteiger partial charge on any atom is 0.222 e. The summed E-state index contributed by atoms with van der Waals surface area (Å²) in [6, 6.07) is 6.67. The first kappa shape index (κ1) is 13.5. The molecule has 2 atom stereocenters. The van der Waals surface area contributed by atoms with E-state index in [0.717, 1.165) is 6.26 Å². The highest BCUT2D eigenvalue weighted by Gasteiger charge is 2.56. The lowest BCUT2D eigenvalue weighted by Gasteiger charge is -2.32. The summed E-state index contributed by atoms with van der Waals surface area (Å²) in [5, 5.41) is 0. The molecule has 6 nitrogen and oxygen atoms in total. The minimum absolute atomic E-state index is 0.109. The van der Waals surface area contributed by atoms with E-state index in [9.17, 15) is 13.2 Å². The summed E-state index contributed by atoms with van der Waals surface area (Å²) in [6.45, 7) is 1.45. The Morgan fingerprint density at radius 3 is 2.47 bits per heavy atom. The first-order chi connectivity index (χ1) is 8.73. The standard InChI is InChI=1S/C12H15N3O3S/c1-7(10(13)16)12(19(2,17)18)8-5-3-4-6-9(8)15-11(12)14/h3-7H,1-2H3,(H2,13,16)(H2,14,15). The number of carbonyl (C=O) groups is 1. The summed E-state index contributed by atoms with van der Waals surface area (Å²) in [5.74, 6) is -1.85. The molecule has 1 aliphatic rings. The number of hydrogen-bond donors (Lipinski definition) is 2. The van der Waals surface area contributed by atoms with Gasteiger partial charge in [-0.15, -0.1) is 0 Å². The van der Waals surface area contributed by atoms with Gasteiger partial charge in [0.15, 0.2) is 14.6 Å². The topological polar surface area (TPSA) is 116 Å². The fourth-order valence-corrected chi connectivity index (χ4v) is 4.36. The van der Waals surface area contributed by atoms with Crippen LogP contribution in [0.25, 0.3) is 0 Å². The Kier molecular flexibility index (Phi) is 2.89. The predicted molar refractivity (Wildman–Crippen MR) is 72.6 cm³/mol. The van der Waals surface area contributed by atoms with Gasteiger partial charge >= 0.3 is 0 Å². The van der Waals surface area contributed by atoms with E-state index in [0.29, 0.717) is 11.3 Å². The zero-order valence-corrected chi connectivity index (χ0v) is 11.4. The smallest absolute Gasteiger partial charge is 0.222 e. The monoisotopic (exact) mass is 281 g/mol.